The van der Waals surface area contributed by atoms with Crippen molar-refractivity contribution in [3.8, 4) is 0 Å². The average Bonchev–Trinajstić information content (AvgIpc) is 2.99. The molecule has 0 amide bonds. The van der Waals surface area contributed by atoms with E-state index in [0.29, 0.717) is 5.92 Å². The van der Waals surface area contributed by atoms with Crippen LogP contribution in [-0.4, -0.2) is 0 Å². The van der Waals surface area contributed by atoms with Crippen molar-refractivity contribution in [2.45, 2.75) is 31.6 Å². The molecule has 1 atom stereocenters. The summed E-state index contributed by atoms with van der Waals surface area (Å²) in [6.45, 7) is 10.2. The van der Waals surface area contributed by atoms with Gasteiger partial charge < -0.3 is 0 Å². The molecule has 0 aromatic heterocycles. The van der Waals surface area contributed by atoms with E-state index in [1.165, 1.54) is 29.5 Å². The first-order chi connectivity index (χ1) is 6.74. The highest BCUT2D eigenvalue weighted by atomic mass is 14.3. The Kier molecular flexibility index (Phi) is 2.45. The van der Waals surface area contributed by atoms with E-state index in [1.807, 2.05) is 6.08 Å². The van der Waals surface area contributed by atoms with Gasteiger partial charge in [-0.3, -0.25) is 0 Å². The Morgan fingerprint density at radius 2 is 2.14 bits per heavy atom. The highest BCUT2D eigenvalue weighted by Crippen LogP contribution is 2.45. The van der Waals surface area contributed by atoms with E-state index in [2.05, 4.69) is 38.6 Å². The zero-order chi connectivity index (χ0) is 10.1. The van der Waals surface area contributed by atoms with E-state index >= 15 is 0 Å². The molecule has 1 aromatic carbocycles. The molecule has 73 valence electrons. The quantitative estimate of drug-likeness (QED) is 0.663. The Morgan fingerprint density at radius 3 is 2.64 bits per heavy atom. The highest BCUT2D eigenvalue weighted by Gasteiger charge is 2.28. The van der Waals surface area contributed by atoms with Crippen molar-refractivity contribution in [3.05, 3.63) is 48.4 Å². The molecule has 2 rings (SSSR count). The predicted molar refractivity (Wildman–Crippen MR) is 62.3 cm³/mol. The molecule has 1 unspecified atom stereocenters. The largest absolute Gasteiger partial charge is 0.0985 e. The molecule has 1 fully saturated rings. The summed E-state index contributed by atoms with van der Waals surface area (Å²) in [4.78, 5) is 0. The van der Waals surface area contributed by atoms with Crippen LogP contribution in [0.3, 0.4) is 0 Å². The maximum Gasteiger partial charge on any atom is -0.0153 e. The molecule has 1 radical (unpaired) electrons. The topological polar surface area (TPSA) is 0 Å². The Balaban J connectivity index is 2.52. The van der Waals surface area contributed by atoms with Gasteiger partial charge in [0.2, 0.25) is 0 Å². The summed E-state index contributed by atoms with van der Waals surface area (Å²) in [5, 5.41) is 0. The minimum atomic E-state index is 0.380. The summed E-state index contributed by atoms with van der Waals surface area (Å²) >= 11 is 0. The zero-order valence-electron chi connectivity index (χ0n) is 8.79. The van der Waals surface area contributed by atoms with Crippen molar-refractivity contribution in [1.82, 2.24) is 0 Å². The molecule has 1 aliphatic rings. The first-order valence-electron chi connectivity index (χ1n) is 5.32. The van der Waals surface area contributed by atoms with Crippen molar-refractivity contribution in [3.63, 3.8) is 0 Å². The maximum atomic E-state index is 4.12. The van der Waals surface area contributed by atoms with E-state index in [9.17, 15) is 0 Å². The van der Waals surface area contributed by atoms with E-state index in [0.717, 1.165) is 5.92 Å². The second kappa shape index (κ2) is 3.61. The van der Waals surface area contributed by atoms with E-state index in [1.54, 1.807) is 0 Å². The molecule has 14 heavy (non-hydrogen) atoms. The molecular weight excluding hydrogens is 168 g/mol. The van der Waals surface area contributed by atoms with Gasteiger partial charge in [0.05, 0.1) is 0 Å². The number of hydrogen-bond acceptors (Lipinski definition) is 0. The Hall–Kier alpha value is -1.04. The van der Waals surface area contributed by atoms with Gasteiger partial charge in [-0.15, -0.1) is 0 Å². The van der Waals surface area contributed by atoms with Crippen LogP contribution in [0.4, 0.5) is 0 Å². The molecule has 1 aromatic rings. The van der Waals surface area contributed by atoms with Crippen molar-refractivity contribution >= 4 is 6.08 Å². The Labute approximate surface area is 86.7 Å². The monoisotopic (exact) mass is 185 g/mol. The minimum absolute atomic E-state index is 0.380. The van der Waals surface area contributed by atoms with Crippen LogP contribution in [0.1, 0.15) is 48.3 Å². The van der Waals surface area contributed by atoms with Gasteiger partial charge in [-0.1, -0.05) is 37.8 Å². The predicted octanol–water partition coefficient (Wildman–Crippen LogP) is 4.14. The van der Waals surface area contributed by atoms with Crippen LogP contribution in [0.2, 0.25) is 0 Å². The molecule has 0 bridgehead atoms. The third-order valence-corrected chi connectivity index (χ3v) is 2.91. The molecule has 0 spiro atoms. The Bertz CT molecular complexity index is 343. The smallest absolute Gasteiger partial charge is 0.0153 e. The first-order valence-corrected chi connectivity index (χ1v) is 5.32. The van der Waals surface area contributed by atoms with Gasteiger partial charge in [-0.2, -0.15) is 0 Å². The van der Waals surface area contributed by atoms with Gasteiger partial charge in [0.1, 0.15) is 0 Å². The minimum Gasteiger partial charge on any atom is -0.0985 e. The lowest BCUT2D eigenvalue weighted by Crippen LogP contribution is -1.97. The van der Waals surface area contributed by atoms with Crippen LogP contribution in [0, 0.1) is 6.92 Å². The van der Waals surface area contributed by atoms with Gasteiger partial charge in [0.25, 0.3) is 0 Å². The summed E-state index contributed by atoms with van der Waals surface area (Å²) in [5.74, 6) is 1.16. The summed E-state index contributed by atoms with van der Waals surface area (Å²) in [6, 6.07) is 6.48. The first kappa shape index (κ1) is 9.51. The summed E-state index contributed by atoms with van der Waals surface area (Å²) < 4.78 is 0. The van der Waals surface area contributed by atoms with Crippen LogP contribution in [0.15, 0.2) is 24.8 Å². The second-order valence-electron chi connectivity index (χ2n) is 4.23. The number of rotatable bonds is 3. The van der Waals surface area contributed by atoms with E-state index in [4.69, 9.17) is 0 Å². The van der Waals surface area contributed by atoms with Crippen LogP contribution < -0.4 is 0 Å². The fraction of sp³-hybridized carbons (Fsp3) is 0.357. The molecular formula is C14H17. The SMILES string of the molecule is [CH2]C(C)c1cccc(C=C)c1C1CC1. The second-order valence-corrected chi connectivity index (χ2v) is 4.23. The van der Waals surface area contributed by atoms with E-state index < -0.39 is 0 Å². The summed E-state index contributed by atoms with van der Waals surface area (Å²) in [5.41, 5.74) is 4.22. The third kappa shape index (κ3) is 1.61. The third-order valence-electron chi connectivity index (χ3n) is 2.91. The molecule has 0 N–H and O–H groups in total. The van der Waals surface area contributed by atoms with Gasteiger partial charge in [-0.05, 0) is 48.3 Å². The molecule has 0 saturated heterocycles. The van der Waals surface area contributed by atoms with Crippen LogP contribution in [-0.2, 0) is 0 Å². The average molecular weight is 185 g/mol. The van der Waals surface area contributed by atoms with Crippen LogP contribution >= 0.6 is 0 Å². The Morgan fingerprint density at radius 1 is 1.43 bits per heavy atom. The van der Waals surface area contributed by atoms with Gasteiger partial charge in [-0.25, -0.2) is 0 Å². The zero-order valence-corrected chi connectivity index (χ0v) is 8.79. The van der Waals surface area contributed by atoms with Gasteiger partial charge in [0.15, 0.2) is 0 Å². The standard InChI is InChI=1S/C14H17/c1-4-11-6-5-7-13(10(2)3)14(11)12-8-9-12/h4-7,10,12H,1-2,8-9H2,3H3. The normalized spacial score (nSPS) is 15.9. The van der Waals surface area contributed by atoms with E-state index in [-0.39, 0.29) is 0 Å². The number of hydrogen-bond donors (Lipinski definition) is 0. The lowest BCUT2D eigenvalue weighted by molar-refractivity contribution is 0.919. The molecule has 1 aliphatic carbocycles. The number of benzene rings is 1. The maximum absolute atomic E-state index is 4.12. The van der Waals surface area contributed by atoms with Crippen molar-refractivity contribution in [2.75, 3.05) is 0 Å². The van der Waals surface area contributed by atoms with Crippen LogP contribution in [0.5, 0.6) is 0 Å². The molecule has 0 heterocycles. The molecule has 0 nitrogen and oxygen atoms in total. The molecule has 1 saturated carbocycles. The van der Waals surface area contributed by atoms with Crippen molar-refractivity contribution in [2.24, 2.45) is 0 Å². The van der Waals surface area contributed by atoms with Crippen LogP contribution in [0.25, 0.3) is 6.08 Å². The summed E-state index contributed by atoms with van der Waals surface area (Å²) in [7, 11) is 0. The molecule has 0 aliphatic heterocycles. The highest BCUT2D eigenvalue weighted by molar-refractivity contribution is 5.57. The lowest BCUT2D eigenvalue weighted by Gasteiger charge is -2.14. The van der Waals surface area contributed by atoms with Gasteiger partial charge in [0, 0.05) is 0 Å². The fourth-order valence-electron chi connectivity index (χ4n) is 2.05. The van der Waals surface area contributed by atoms with Gasteiger partial charge >= 0.3 is 0 Å². The molecule has 0 heteroatoms. The summed E-state index contributed by atoms with van der Waals surface area (Å²) in [6.07, 6.45) is 4.65. The lowest BCUT2D eigenvalue weighted by atomic mass is 9.90. The van der Waals surface area contributed by atoms with Crippen molar-refractivity contribution in [1.29, 1.82) is 0 Å². The van der Waals surface area contributed by atoms with Crippen molar-refractivity contribution < 1.29 is 0 Å². The fourth-order valence-corrected chi connectivity index (χ4v) is 2.05.